The first kappa shape index (κ1) is 15.1. The van der Waals surface area contributed by atoms with Gasteiger partial charge in [-0.2, -0.15) is 5.10 Å². The summed E-state index contributed by atoms with van der Waals surface area (Å²) < 4.78 is 8.24. The van der Waals surface area contributed by atoms with Crippen LogP contribution < -0.4 is 0 Å². The third-order valence-corrected chi connectivity index (χ3v) is 5.75. The minimum absolute atomic E-state index is 0.111. The summed E-state index contributed by atoms with van der Waals surface area (Å²) in [7, 11) is 3.62. The summed E-state index contributed by atoms with van der Waals surface area (Å²) in [6, 6.07) is 6.49. The van der Waals surface area contributed by atoms with Gasteiger partial charge in [0.1, 0.15) is 5.69 Å². The van der Waals surface area contributed by atoms with E-state index < -0.39 is 0 Å². The Morgan fingerprint density at radius 2 is 2.00 bits per heavy atom. The van der Waals surface area contributed by atoms with Gasteiger partial charge in [0.25, 0.3) is 5.91 Å². The van der Waals surface area contributed by atoms with E-state index in [1.807, 2.05) is 25.2 Å². The van der Waals surface area contributed by atoms with Gasteiger partial charge in [-0.1, -0.05) is 15.9 Å². The molecule has 1 aromatic heterocycles. The monoisotopic (exact) mass is 377 g/mol. The Morgan fingerprint density at radius 3 is 2.65 bits per heavy atom. The second kappa shape index (κ2) is 5.60. The molecule has 2 aliphatic heterocycles. The van der Waals surface area contributed by atoms with Gasteiger partial charge >= 0.3 is 0 Å². The minimum Gasteiger partial charge on any atom is -0.381 e. The summed E-state index contributed by atoms with van der Waals surface area (Å²) in [5.41, 5.74) is 1.55. The molecule has 2 aromatic rings. The van der Waals surface area contributed by atoms with Crippen LogP contribution in [0.15, 0.2) is 22.7 Å². The van der Waals surface area contributed by atoms with Crippen LogP contribution in [0.2, 0.25) is 0 Å². The lowest BCUT2D eigenvalue weighted by atomic mass is 9.99. The molecule has 2 saturated heterocycles. The molecule has 2 fully saturated rings. The number of hydrogen-bond acceptors (Lipinski definition) is 3. The van der Waals surface area contributed by atoms with Crippen molar-refractivity contribution in [1.29, 1.82) is 0 Å². The van der Waals surface area contributed by atoms with E-state index in [0.29, 0.717) is 17.8 Å². The number of benzene rings is 1. The van der Waals surface area contributed by atoms with Gasteiger partial charge in [-0.05, 0) is 43.9 Å². The fourth-order valence-corrected chi connectivity index (χ4v) is 4.55. The highest BCUT2D eigenvalue weighted by atomic mass is 79.9. The SMILES string of the molecule is COC1CC2CCC(C1)N2C(=O)c1c2ccc(Br)cc2nn1C. The molecule has 1 amide bonds. The Balaban J connectivity index is 1.72. The van der Waals surface area contributed by atoms with E-state index >= 15 is 0 Å². The van der Waals surface area contributed by atoms with Gasteiger partial charge in [0, 0.05) is 36.1 Å². The zero-order valence-electron chi connectivity index (χ0n) is 13.3. The van der Waals surface area contributed by atoms with Gasteiger partial charge in [-0.15, -0.1) is 0 Å². The molecule has 2 aliphatic rings. The quantitative estimate of drug-likeness (QED) is 0.807. The molecule has 6 heteroatoms. The minimum atomic E-state index is 0.111. The highest BCUT2D eigenvalue weighted by Crippen LogP contribution is 2.38. The van der Waals surface area contributed by atoms with Crippen LogP contribution in [0.5, 0.6) is 0 Å². The van der Waals surface area contributed by atoms with E-state index in [-0.39, 0.29) is 12.0 Å². The van der Waals surface area contributed by atoms with E-state index in [1.54, 1.807) is 11.8 Å². The highest BCUT2D eigenvalue weighted by Gasteiger charge is 2.44. The Morgan fingerprint density at radius 1 is 1.30 bits per heavy atom. The predicted molar refractivity (Wildman–Crippen MR) is 91.4 cm³/mol. The number of ether oxygens (including phenoxy) is 1. The van der Waals surface area contributed by atoms with Crippen LogP contribution in [0.3, 0.4) is 0 Å². The van der Waals surface area contributed by atoms with Crippen LogP contribution in [-0.2, 0) is 11.8 Å². The fraction of sp³-hybridized carbons (Fsp3) is 0.529. The van der Waals surface area contributed by atoms with Gasteiger partial charge in [-0.25, -0.2) is 0 Å². The van der Waals surface area contributed by atoms with Crippen LogP contribution in [0, 0.1) is 0 Å². The normalized spacial score (nSPS) is 26.9. The first-order chi connectivity index (χ1) is 11.1. The smallest absolute Gasteiger partial charge is 0.273 e. The van der Waals surface area contributed by atoms with Crippen molar-refractivity contribution in [2.75, 3.05) is 7.11 Å². The Hall–Kier alpha value is -1.40. The summed E-state index contributed by atoms with van der Waals surface area (Å²) in [6.07, 6.45) is 4.34. The third kappa shape index (κ3) is 2.39. The number of rotatable bonds is 2. The molecule has 2 unspecified atom stereocenters. The maximum atomic E-state index is 13.2. The fourth-order valence-electron chi connectivity index (χ4n) is 4.20. The van der Waals surface area contributed by atoms with E-state index in [0.717, 1.165) is 41.1 Å². The molecule has 4 rings (SSSR count). The lowest BCUT2D eigenvalue weighted by molar-refractivity contribution is 0.00781. The number of aryl methyl sites for hydroxylation is 1. The van der Waals surface area contributed by atoms with E-state index in [4.69, 9.17) is 4.74 Å². The topological polar surface area (TPSA) is 47.4 Å². The second-order valence-electron chi connectivity index (χ2n) is 6.56. The zero-order valence-corrected chi connectivity index (χ0v) is 14.9. The molecule has 0 N–H and O–H groups in total. The molecule has 122 valence electrons. The largest absolute Gasteiger partial charge is 0.381 e. The van der Waals surface area contributed by atoms with Crippen molar-refractivity contribution in [2.24, 2.45) is 7.05 Å². The molecule has 2 atom stereocenters. The number of halogens is 1. The molecule has 23 heavy (non-hydrogen) atoms. The van der Waals surface area contributed by atoms with Crippen molar-refractivity contribution < 1.29 is 9.53 Å². The molecular weight excluding hydrogens is 358 g/mol. The van der Waals surface area contributed by atoms with E-state index in [2.05, 4.69) is 25.9 Å². The number of methoxy groups -OCH3 is 1. The van der Waals surface area contributed by atoms with Crippen molar-refractivity contribution in [3.05, 3.63) is 28.4 Å². The van der Waals surface area contributed by atoms with Crippen molar-refractivity contribution >= 4 is 32.7 Å². The Kier molecular flexibility index (Phi) is 3.69. The number of hydrogen-bond donors (Lipinski definition) is 0. The number of fused-ring (bicyclic) bond motifs is 3. The summed E-state index contributed by atoms with van der Waals surface area (Å²) in [5, 5.41) is 5.43. The predicted octanol–water partition coefficient (Wildman–Crippen LogP) is 3.12. The van der Waals surface area contributed by atoms with Gasteiger partial charge in [0.15, 0.2) is 0 Å². The van der Waals surface area contributed by atoms with Crippen LogP contribution in [0.4, 0.5) is 0 Å². The first-order valence-electron chi connectivity index (χ1n) is 8.06. The van der Waals surface area contributed by atoms with Crippen molar-refractivity contribution in [1.82, 2.24) is 14.7 Å². The van der Waals surface area contributed by atoms with Crippen LogP contribution >= 0.6 is 15.9 Å². The average Bonchev–Trinajstić information content (AvgIpc) is 2.99. The van der Waals surface area contributed by atoms with Crippen LogP contribution in [-0.4, -0.2) is 45.9 Å². The highest BCUT2D eigenvalue weighted by molar-refractivity contribution is 9.10. The molecule has 5 nitrogen and oxygen atoms in total. The lowest BCUT2D eigenvalue weighted by Crippen LogP contribution is -2.48. The van der Waals surface area contributed by atoms with E-state index in [9.17, 15) is 4.79 Å². The Labute approximate surface area is 143 Å². The number of aromatic nitrogens is 2. The van der Waals surface area contributed by atoms with Gasteiger partial charge < -0.3 is 9.64 Å². The molecule has 3 heterocycles. The van der Waals surface area contributed by atoms with Gasteiger partial charge in [0.05, 0.1) is 11.6 Å². The Bertz CT molecular complexity index is 759. The molecule has 0 radical (unpaired) electrons. The third-order valence-electron chi connectivity index (χ3n) is 5.26. The number of amides is 1. The number of nitrogens with zero attached hydrogens (tertiary/aromatic N) is 3. The first-order valence-corrected chi connectivity index (χ1v) is 8.85. The molecule has 1 aromatic carbocycles. The second-order valence-corrected chi connectivity index (χ2v) is 7.48. The molecular formula is C17H20BrN3O2. The van der Waals surface area contributed by atoms with Crippen LogP contribution in [0.25, 0.3) is 10.9 Å². The molecule has 0 aliphatic carbocycles. The number of piperidine rings is 1. The summed E-state index contributed by atoms with van der Waals surface area (Å²) in [5.74, 6) is 0.111. The van der Waals surface area contributed by atoms with Crippen molar-refractivity contribution in [3.8, 4) is 0 Å². The number of carbonyl (C=O) groups is 1. The van der Waals surface area contributed by atoms with Crippen molar-refractivity contribution in [3.63, 3.8) is 0 Å². The lowest BCUT2D eigenvalue weighted by Gasteiger charge is -2.38. The number of carbonyl (C=O) groups excluding carboxylic acids is 1. The molecule has 0 spiro atoms. The van der Waals surface area contributed by atoms with Gasteiger partial charge in [0.2, 0.25) is 0 Å². The van der Waals surface area contributed by atoms with Gasteiger partial charge in [-0.3, -0.25) is 9.48 Å². The summed E-state index contributed by atoms with van der Waals surface area (Å²) in [4.78, 5) is 15.3. The van der Waals surface area contributed by atoms with Crippen molar-refractivity contribution in [2.45, 2.75) is 43.9 Å². The standard InChI is InChI=1S/C17H20BrN3O2/c1-20-16(14-6-3-10(18)7-15(14)19-20)17(22)21-11-4-5-12(21)9-13(8-11)23-2/h3,6-7,11-13H,4-5,8-9H2,1-2H3. The van der Waals surface area contributed by atoms with E-state index in [1.165, 1.54) is 0 Å². The zero-order chi connectivity index (χ0) is 16.1. The maximum absolute atomic E-state index is 13.2. The summed E-state index contributed by atoms with van der Waals surface area (Å²) >= 11 is 3.46. The molecule has 0 saturated carbocycles. The maximum Gasteiger partial charge on any atom is 0.273 e. The summed E-state index contributed by atoms with van der Waals surface area (Å²) in [6.45, 7) is 0. The van der Waals surface area contributed by atoms with Crippen LogP contribution in [0.1, 0.15) is 36.2 Å². The molecule has 2 bridgehead atoms. The average molecular weight is 378 g/mol.